The van der Waals surface area contributed by atoms with Crippen LogP contribution in [-0.2, 0) is 11.8 Å². The van der Waals surface area contributed by atoms with Gasteiger partial charge in [0.25, 0.3) is 5.56 Å². The van der Waals surface area contributed by atoms with Crippen LogP contribution in [0.25, 0.3) is 0 Å². The number of nitrogens with two attached hydrogens (primary N) is 1. The highest BCUT2D eigenvalue weighted by Crippen LogP contribution is 2.02. The molecule has 0 atom stereocenters. The van der Waals surface area contributed by atoms with Crippen LogP contribution in [0.1, 0.15) is 0 Å². The quantitative estimate of drug-likeness (QED) is 0.620. The number of rotatable bonds is 2. The van der Waals surface area contributed by atoms with E-state index in [4.69, 9.17) is 5.73 Å². The van der Waals surface area contributed by atoms with Crippen LogP contribution < -0.4 is 16.6 Å². The Morgan fingerprint density at radius 1 is 1.79 bits per heavy atom. The molecule has 0 aliphatic carbocycles. The van der Waals surface area contributed by atoms with Gasteiger partial charge < -0.3 is 11.1 Å². The zero-order valence-electron chi connectivity index (χ0n) is 7.65. The first-order chi connectivity index (χ1) is 6.54. The third-order valence-corrected chi connectivity index (χ3v) is 1.53. The first-order valence-electron chi connectivity index (χ1n) is 3.82. The van der Waals surface area contributed by atoms with E-state index in [1.807, 2.05) is 0 Å². The molecule has 1 amide bonds. The lowest BCUT2D eigenvalue weighted by Crippen LogP contribution is -2.25. The fourth-order valence-electron chi connectivity index (χ4n) is 0.905. The van der Waals surface area contributed by atoms with E-state index >= 15 is 0 Å². The van der Waals surface area contributed by atoms with Gasteiger partial charge in [-0.25, -0.2) is 4.68 Å². The molecule has 0 saturated carbocycles. The van der Waals surface area contributed by atoms with Crippen LogP contribution in [-0.4, -0.2) is 15.7 Å². The van der Waals surface area contributed by atoms with E-state index in [0.717, 1.165) is 10.8 Å². The van der Waals surface area contributed by atoms with Gasteiger partial charge in [-0.05, 0) is 6.08 Å². The van der Waals surface area contributed by atoms with Gasteiger partial charge in [0.2, 0.25) is 5.91 Å². The van der Waals surface area contributed by atoms with Gasteiger partial charge in [0.1, 0.15) is 11.5 Å². The fraction of sp³-hybridized carbons (Fsp3) is 0.125. The SMILES string of the molecule is C=CC(=O)Nc1cc(N)nn(C)c1=O. The summed E-state index contributed by atoms with van der Waals surface area (Å²) in [6.07, 6.45) is 1.07. The summed E-state index contributed by atoms with van der Waals surface area (Å²) in [4.78, 5) is 22.3. The van der Waals surface area contributed by atoms with E-state index < -0.39 is 11.5 Å². The molecule has 0 saturated heterocycles. The van der Waals surface area contributed by atoms with E-state index in [2.05, 4.69) is 17.0 Å². The lowest BCUT2D eigenvalue weighted by atomic mass is 10.4. The van der Waals surface area contributed by atoms with Crippen molar-refractivity contribution in [1.29, 1.82) is 0 Å². The highest BCUT2D eigenvalue weighted by Gasteiger charge is 2.05. The Labute approximate surface area is 80.0 Å². The average molecular weight is 194 g/mol. The van der Waals surface area contributed by atoms with Gasteiger partial charge in [-0.1, -0.05) is 6.58 Å². The summed E-state index contributed by atoms with van der Waals surface area (Å²) < 4.78 is 1.05. The van der Waals surface area contributed by atoms with E-state index in [-0.39, 0.29) is 11.5 Å². The smallest absolute Gasteiger partial charge is 0.290 e. The summed E-state index contributed by atoms with van der Waals surface area (Å²) in [5, 5.41) is 6.00. The molecule has 0 bridgehead atoms. The van der Waals surface area contributed by atoms with Crippen LogP contribution in [0.15, 0.2) is 23.5 Å². The normalized spacial score (nSPS) is 9.50. The van der Waals surface area contributed by atoms with E-state index in [0.29, 0.717) is 0 Å². The van der Waals surface area contributed by atoms with Crippen molar-refractivity contribution < 1.29 is 4.79 Å². The van der Waals surface area contributed by atoms with Gasteiger partial charge in [0, 0.05) is 13.1 Å². The summed E-state index contributed by atoms with van der Waals surface area (Å²) in [6, 6.07) is 1.30. The summed E-state index contributed by atoms with van der Waals surface area (Å²) in [6.45, 7) is 3.26. The Hall–Kier alpha value is -2.11. The number of amides is 1. The van der Waals surface area contributed by atoms with Crippen molar-refractivity contribution >= 4 is 17.4 Å². The fourth-order valence-corrected chi connectivity index (χ4v) is 0.905. The largest absolute Gasteiger partial charge is 0.382 e. The number of nitrogens with one attached hydrogen (secondary N) is 1. The molecular formula is C8H10N4O2. The number of aryl methyl sites for hydroxylation is 1. The molecule has 74 valence electrons. The standard InChI is InChI=1S/C8H10N4O2/c1-3-7(13)10-5-4-6(9)11-12(2)8(5)14/h3-4H,1H2,2H3,(H2,9,11)(H,10,13). The van der Waals surface area contributed by atoms with Crippen molar-refractivity contribution in [2.45, 2.75) is 0 Å². The van der Waals surface area contributed by atoms with Gasteiger partial charge in [-0.2, -0.15) is 5.10 Å². The molecule has 0 spiro atoms. The monoisotopic (exact) mass is 194 g/mol. The lowest BCUT2D eigenvalue weighted by Gasteiger charge is -2.04. The lowest BCUT2D eigenvalue weighted by molar-refractivity contribution is -0.111. The van der Waals surface area contributed by atoms with Crippen molar-refractivity contribution in [1.82, 2.24) is 9.78 Å². The van der Waals surface area contributed by atoms with Crippen molar-refractivity contribution in [3.05, 3.63) is 29.1 Å². The molecule has 1 aromatic rings. The van der Waals surface area contributed by atoms with Gasteiger partial charge >= 0.3 is 0 Å². The molecule has 0 aliphatic heterocycles. The minimum atomic E-state index is -0.465. The van der Waals surface area contributed by atoms with E-state index in [1.165, 1.54) is 13.1 Å². The summed E-state index contributed by atoms with van der Waals surface area (Å²) in [5.74, 6) is -0.306. The minimum absolute atomic E-state index is 0.0879. The first kappa shape index (κ1) is 9.97. The van der Waals surface area contributed by atoms with Crippen LogP contribution in [0, 0.1) is 0 Å². The second-order valence-electron chi connectivity index (χ2n) is 2.61. The predicted molar refractivity (Wildman–Crippen MR) is 52.7 cm³/mol. The molecule has 14 heavy (non-hydrogen) atoms. The topological polar surface area (TPSA) is 90.0 Å². The van der Waals surface area contributed by atoms with E-state index in [1.54, 1.807) is 0 Å². The van der Waals surface area contributed by atoms with Crippen LogP contribution in [0.4, 0.5) is 11.5 Å². The Morgan fingerprint density at radius 3 is 3.00 bits per heavy atom. The van der Waals surface area contributed by atoms with Crippen LogP contribution in [0.2, 0.25) is 0 Å². The zero-order valence-corrected chi connectivity index (χ0v) is 7.65. The number of anilines is 2. The van der Waals surface area contributed by atoms with Crippen molar-refractivity contribution in [2.24, 2.45) is 7.05 Å². The molecule has 1 heterocycles. The number of carbonyl (C=O) groups is 1. The Bertz CT molecular complexity index is 435. The van der Waals surface area contributed by atoms with Gasteiger partial charge in [0.05, 0.1) is 0 Å². The number of hydrogen-bond donors (Lipinski definition) is 2. The Morgan fingerprint density at radius 2 is 2.43 bits per heavy atom. The maximum Gasteiger partial charge on any atom is 0.290 e. The molecule has 1 aromatic heterocycles. The Kier molecular flexibility index (Phi) is 2.66. The maximum atomic E-state index is 11.4. The molecule has 0 radical (unpaired) electrons. The van der Waals surface area contributed by atoms with Crippen molar-refractivity contribution in [3.8, 4) is 0 Å². The number of nitrogen functional groups attached to an aromatic ring is 1. The maximum absolute atomic E-state index is 11.4. The van der Waals surface area contributed by atoms with Crippen molar-refractivity contribution in [3.63, 3.8) is 0 Å². The zero-order chi connectivity index (χ0) is 10.7. The molecule has 0 fully saturated rings. The van der Waals surface area contributed by atoms with Crippen LogP contribution in [0.3, 0.4) is 0 Å². The summed E-state index contributed by atoms with van der Waals surface area (Å²) in [5.41, 5.74) is 5.06. The summed E-state index contributed by atoms with van der Waals surface area (Å²) >= 11 is 0. The second kappa shape index (κ2) is 3.73. The molecule has 0 aliphatic rings. The van der Waals surface area contributed by atoms with Gasteiger partial charge in [-0.3, -0.25) is 9.59 Å². The Balaban J connectivity index is 3.14. The van der Waals surface area contributed by atoms with Crippen molar-refractivity contribution in [2.75, 3.05) is 11.1 Å². The third kappa shape index (κ3) is 1.98. The second-order valence-corrected chi connectivity index (χ2v) is 2.61. The predicted octanol–water partition coefficient (Wildman–Crippen LogP) is -0.513. The minimum Gasteiger partial charge on any atom is -0.382 e. The highest BCUT2D eigenvalue weighted by molar-refractivity contribution is 5.98. The molecular weight excluding hydrogens is 184 g/mol. The van der Waals surface area contributed by atoms with Crippen LogP contribution in [0.5, 0.6) is 0 Å². The average Bonchev–Trinajstić information content (AvgIpc) is 2.13. The molecule has 0 aromatic carbocycles. The summed E-state index contributed by atoms with van der Waals surface area (Å²) in [7, 11) is 1.45. The molecule has 1 rings (SSSR count). The first-order valence-corrected chi connectivity index (χ1v) is 3.82. The molecule has 0 unspecified atom stereocenters. The highest BCUT2D eigenvalue weighted by atomic mass is 16.2. The van der Waals surface area contributed by atoms with Gasteiger partial charge in [0.15, 0.2) is 0 Å². The third-order valence-electron chi connectivity index (χ3n) is 1.53. The number of aromatic nitrogens is 2. The number of nitrogens with zero attached hydrogens (tertiary/aromatic N) is 2. The van der Waals surface area contributed by atoms with Gasteiger partial charge in [-0.15, -0.1) is 0 Å². The molecule has 6 heteroatoms. The number of carbonyl (C=O) groups excluding carboxylic acids is 1. The van der Waals surface area contributed by atoms with Crippen LogP contribution >= 0.6 is 0 Å². The number of hydrogen-bond acceptors (Lipinski definition) is 4. The molecule has 3 N–H and O–H groups in total. The molecule has 6 nitrogen and oxygen atoms in total. The van der Waals surface area contributed by atoms with E-state index in [9.17, 15) is 9.59 Å².